The minimum absolute atomic E-state index is 0. The molecule has 0 amide bonds. The second-order valence-electron chi connectivity index (χ2n) is 3.25. The van der Waals surface area contributed by atoms with Crippen molar-refractivity contribution in [2.75, 3.05) is 0 Å². The zero-order valence-corrected chi connectivity index (χ0v) is 14.0. The molecule has 0 spiro atoms. The monoisotopic (exact) mass is 354 g/mol. The first-order valence-corrected chi connectivity index (χ1v) is 5.55. The summed E-state index contributed by atoms with van der Waals surface area (Å²) >= 11 is 11.9. The van der Waals surface area contributed by atoms with Crippen molar-refractivity contribution in [3.8, 4) is 5.75 Å². The largest absolute Gasteiger partial charge is 2.00 e. The first-order valence-electron chi connectivity index (χ1n) is 4.79. The van der Waals surface area contributed by atoms with E-state index in [9.17, 15) is 0 Å². The van der Waals surface area contributed by atoms with Crippen LogP contribution < -0.4 is 21.7 Å². The maximum atomic E-state index is 6.00. The van der Waals surface area contributed by atoms with Gasteiger partial charge in [0.05, 0.1) is 11.6 Å². The van der Waals surface area contributed by atoms with Crippen LogP contribution in [-0.4, -0.2) is 23.1 Å². The van der Waals surface area contributed by atoms with Crippen LogP contribution in [0.25, 0.3) is 0 Å². The van der Waals surface area contributed by atoms with Crippen LogP contribution in [0.5, 0.6) is 5.75 Å². The zero-order chi connectivity index (χ0) is 11.4. The molecule has 90 valence electrons. The van der Waals surface area contributed by atoms with Crippen molar-refractivity contribution in [1.82, 2.24) is 0 Å². The maximum absolute atomic E-state index is 6.00. The van der Waals surface area contributed by atoms with Crippen LogP contribution in [0.3, 0.4) is 0 Å². The quantitative estimate of drug-likeness (QED) is 0.589. The molecule has 0 atom stereocenters. The first-order chi connectivity index (χ1) is 7.77. The summed E-state index contributed by atoms with van der Waals surface area (Å²) in [5, 5.41) is 0.951. The molecule has 0 saturated carbocycles. The van der Waals surface area contributed by atoms with E-state index in [1.54, 1.807) is 12.1 Å². The Kier molecular flexibility index (Phi) is 9.08. The molecule has 0 aromatic heterocycles. The second kappa shape index (κ2) is 9.05. The SMILES string of the molecule is Clc1cccc(OCc2cc[c-]cc2)c1Cl.[Br-].[Mg+2]. The fourth-order valence-electron chi connectivity index (χ4n) is 1.27. The van der Waals surface area contributed by atoms with Crippen molar-refractivity contribution < 1.29 is 21.7 Å². The normalized spacial score (nSPS) is 9.00. The van der Waals surface area contributed by atoms with Gasteiger partial charge in [0.25, 0.3) is 0 Å². The smallest absolute Gasteiger partial charge is 1.00 e. The fourth-order valence-corrected chi connectivity index (χ4v) is 1.62. The van der Waals surface area contributed by atoms with E-state index in [1.165, 1.54) is 0 Å². The third-order valence-electron chi connectivity index (χ3n) is 2.10. The van der Waals surface area contributed by atoms with Crippen molar-refractivity contribution in [2.45, 2.75) is 6.61 Å². The molecule has 0 unspecified atom stereocenters. The van der Waals surface area contributed by atoms with E-state index in [1.807, 2.05) is 30.3 Å². The zero-order valence-electron chi connectivity index (χ0n) is 9.50. The van der Waals surface area contributed by atoms with Gasteiger partial charge in [-0.2, -0.15) is 30.3 Å². The second-order valence-corrected chi connectivity index (χ2v) is 4.03. The van der Waals surface area contributed by atoms with Crippen LogP contribution in [0.2, 0.25) is 10.0 Å². The number of benzene rings is 2. The molecule has 0 radical (unpaired) electrons. The van der Waals surface area contributed by atoms with E-state index in [0.29, 0.717) is 22.4 Å². The van der Waals surface area contributed by atoms with Gasteiger partial charge in [0, 0.05) is 0 Å². The average Bonchev–Trinajstić information content (AvgIpc) is 2.32. The topological polar surface area (TPSA) is 9.23 Å². The van der Waals surface area contributed by atoms with Crippen molar-refractivity contribution in [1.29, 1.82) is 0 Å². The third kappa shape index (κ3) is 4.98. The molecule has 0 N–H and O–H groups in total. The fraction of sp³-hybridized carbons (Fsp3) is 0.0769. The minimum Gasteiger partial charge on any atom is -1.00 e. The number of ether oxygens (including phenoxy) is 1. The average molecular weight is 356 g/mol. The van der Waals surface area contributed by atoms with E-state index >= 15 is 0 Å². The van der Waals surface area contributed by atoms with Gasteiger partial charge in [-0.15, -0.1) is 5.56 Å². The first kappa shape index (κ1) is 18.1. The molecule has 2 aromatic rings. The van der Waals surface area contributed by atoms with E-state index < -0.39 is 0 Å². The number of hydrogen-bond donors (Lipinski definition) is 0. The summed E-state index contributed by atoms with van der Waals surface area (Å²) in [6.45, 7) is 0.467. The molecule has 0 saturated heterocycles. The van der Waals surface area contributed by atoms with E-state index in [-0.39, 0.29) is 40.0 Å². The molecule has 0 aliphatic heterocycles. The molecule has 0 bridgehead atoms. The van der Waals surface area contributed by atoms with Crippen molar-refractivity contribution in [2.24, 2.45) is 0 Å². The molecule has 0 aliphatic carbocycles. The van der Waals surface area contributed by atoms with Crippen LogP contribution in [0.15, 0.2) is 42.5 Å². The summed E-state index contributed by atoms with van der Waals surface area (Å²) < 4.78 is 5.57. The van der Waals surface area contributed by atoms with Gasteiger partial charge >= 0.3 is 23.1 Å². The Morgan fingerprint density at radius 3 is 2.39 bits per heavy atom. The Labute approximate surface area is 143 Å². The van der Waals surface area contributed by atoms with Crippen molar-refractivity contribution in [3.63, 3.8) is 0 Å². The van der Waals surface area contributed by atoms with Crippen LogP contribution >= 0.6 is 23.2 Å². The minimum atomic E-state index is 0. The molecule has 5 heteroatoms. The van der Waals surface area contributed by atoms with Crippen LogP contribution in [0.1, 0.15) is 5.56 Å². The van der Waals surface area contributed by atoms with Gasteiger partial charge in [-0.1, -0.05) is 29.3 Å². The predicted octanol–water partition coefficient (Wildman–Crippen LogP) is 0.996. The molecule has 0 fully saturated rings. The molecule has 0 aliphatic rings. The number of hydrogen-bond acceptors (Lipinski definition) is 1. The Bertz CT molecular complexity index is 480. The van der Waals surface area contributed by atoms with Gasteiger partial charge in [-0.25, -0.2) is 0 Å². The van der Waals surface area contributed by atoms with E-state index in [4.69, 9.17) is 27.9 Å². The summed E-state index contributed by atoms with van der Waals surface area (Å²) in [4.78, 5) is 0. The van der Waals surface area contributed by atoms with E-state index in [2.05, 4.69) is 6.07 Å². The molecule has 2 aromatic carbocycles. The van der Waals surface area contributed by atoms with Gasteiger partial charge < -0.3 is 21.7 Å². The Morgan fingerprint density at radius 1 is 1.06 bits per heavy atom. The van der Waals surface area contributed by atoms with Crippen molar-refractivity contribution in [3.05, 3.63) is 64.1 Å². The van der Waals surface area contributed by atoms with Crippen LogP contribution in [0, 0.1) is 6.07 Å². The van der Waals surface area contributed by atoms with Crippen LogP contribution in [-0.2, 0) is 6.61 Å². The summed E-state index contributed by atoms with van der Waals surface area (Å²) in [6, 6.07) is 15.9. The van der Waals surface area contributed by atoms with Crippen LogP contribution in [0.4, 0.5) is 0 Å². The molecular formula is C13H9BrCl2MgO. The van der Waals surface area contributed by atoms with Gasteiger partial charge in [0.2, 0.25) is 0 Å². The third-order valence-corrected chi connectivity index (χ3v) is 2.90. The van der Waals surface area contributed by atoms with Crippen molar-refractivity contribution >= 4 is 46.3 Å². The molecule has 1 nitrogen and oxygen atoms in total. The molecular weight excluding hydrogens is 347 g/mol. The van der Waals surface area contributed by atoms with Gasteiger partial charge in [-0.3, -0.25) is 0 Å². The number of rotatable bonds is 3. The predicted molar refractivity (Wildman–Crippen MR) is 71.8 cm³/mol. The standard InChI is InChI=1S/C13H9Cl2O.BrH.Mg/c14-11-7-4-8-12(13(11)15)16-9-10-5-2-1-3-6-10;;/h2-8H,9H2;1H;/q-1;;+2/p-1. The van der Waals surface area contributed by atoms with Gasteiger partial charge in [0.15, 0.2) is 0 Å². The summed E-state index contributed by atoms with van der Waals surface area (Å²) in [6.07, 6.45) is 0. The Hall–Kier alpha value is 0.0662. The molecule has 18 heavy (non-hydrogen) atoms. The maximum Gasteiger partial charge on any atom is 2.00 e. The van der Waals surface area contributed by atoms with Gasteiger partial charge in [-0.05, 0) is 12.1 Å². The summed E-state index contributed by atoms with van der Waals surface area (Å²) in [7, 11) is 0. The van der Waals surface area contributed by atoms with Gasteiger partial charge in [0.1, 0.15) is 10.8 Å². The summed E-state index contributed by atoms with van der Waals surface area (Å²) in [5.74, 6) is 0.599. The molecule has 0 heterocycles. The number of halogens is 3. The van der Waals surface area contributed by atoms with E-state index in [0.717, 1.165) is 5.56 Å². The molecule has 2 rings (SSSR count). The Morgan fingerprint density at radius 2 is 1.72 bits per heavy atom. The Balaban J connectivity index is 0.00000144. The summed E-state index contributed by atoms with van der Waals surface area (Å²) in [5.41, 5.74) is 1.06.